The van der Waals surface area contributed by atoms with E-state index >= 15 is 0 Å². The molecule has 0 unspecified atom stereocenters. The van der Waals surface area contributed by atoms with Crippen LogP contribution in [-0.4, -0.2) is 30.1 Å². The minimum atomic E-state index is -0.376. The Kier molecular flexibility index (Phi) is 4.21. The van der Waals surface area contributed by atoms with Gasteiger partial charge in [-0.3, -0.25) is 14.4 Å². The topological polar surface area (TPSA) is 96.5 Å². The van der Waals surface area contributed by atoms with Crippen LogP contribution < -0.4 is 20.7 Å². The third kappa shape index (κ3) is 3.21. The number of nitrogens with one attached hydrogen (secondary N) is 3. The van der Waals surface area contributed by atoms with Crippen LogP contribution in [0, 0.1) is 0 Å². The Morgan fingerprint density at radius 1 is 1.12 bits per heavy atom. The van der Waals surface area contributed by atoms with Gasteiger partial charge in [-0.2, -0.15) is 0 Å². The molecule has 2 aliphatic heterocycles. The lowest BCUT2D eigenvalue weighted by Gasteiger charge is -2.20. The maximum absolute atomic E-state index is 12.6. The van der Waals surface area contributed by atoms with Gasteiger partial charge in [-0.15, -0.1) is 11.8 Å². The molecule has 132 valence electrons. The number of halogens is 1. The van der Waals surface area contributed by atoms with Crippen LogP contribution in [0.4, 0.5) is 17.1 Å². The molecule has 0 saturated heterocycles. The van der Waals surface area contributed by atoms with Crippen molar-refractivity contribution in [2.75, 3.05) is 28.3 Å². The number of ether oxygens (including phenoxy) is 1. The highest BCUT2D eigenvalue weighted by molar-refractivity contribution is 8.00. The van der Waals surface area contributed by atoms with Gasteiger partial charge in [-0.25, -0.2) is 0 Å². The average molecular weight is 390 g/mol. The summed E-state index contributed by atoms with van der Waals surface area (Å²) in [6, 6.07) is 8.18. The summed E-state index contributed by atoms with van der Waals surface area (Å²) < 4.78 is 5.33. The molecule has 2 aliphatic rings. The molecule has 3 N–H and O–H groups in total. The Morgan fingerprint density at radius 3 is 2.77 bits per heavy atom. The van der Waals surface area contributed by atoms with Gasteiger partial charge in [0.2, 0.25) is 5.91 Å². The van der Waals surface area contributed by atoms with Crippen molar-refractivity contribution in [1.29, 1.82) is 0 Å². The van der Waals surface area contributed by atoms with Crippen molar-refractivity contribution in [3.8, 4) is 5.75 Å². The van der Waals surface area contributed by atoms with Gasteiger partial charge in [-0.1, -0.05) is 11.6 Å². The number of hydrogen-bond donors (Lipinski definition) is 3. The van der Waals surface area contributed by atoms with Gasteiger partial charge in [0, 0.05) is 16.5 Å². The first-order valence-corrected chi connectivity index (χ1v) is 9.00. The molecular formula is C17H12ClN3O4S. The molecule has 26 heavy (non-hydrogen) atoms. The first-order chi connectivity index (χ1) is 12.5. The van der Waals surface area contributed by atoms with E-state index in [1.54, 1.807) is 24.3 Å². The molecule has 0 spiro atoms. The number of hydrogen-bond acceptors (Lipinski definition) is 5. The number of fused-ring (bicyclic) bond motifs is 2. The zero-order valence-electron chi connectivity index (χ0n) is 13.2. The molecule has 0 saturated carbocycles. The molecular weight excluding hydrogens is 378 g/mol. The van der Waals surface area contributed by atoms with Gasteiger partial charge in [0.05, 0.1) is 27.8 Å². The largest absolute Gasteiger partial charge is 0.482 e. The molecule has 2 heterocycles. The van der Waals surface area contributed by atoms with Crippen LogP contribution in [0.15, 0.2) is 35.2 Å². The SMILES string of the molecule is O=C1COc2cc(NC(=O)c3ccc4c(c3)NC(=O)CS4)c(Cl)cc2N1. The highest BCUT2D eigenvalue weighted by atomic mass is 35.5. The van der Waals surface area contributed by atoms with Gasteiger partial charge < -0.3 is 20.7 Å². The van der Waals surface area contributed by atoms with Crippen molar-refractivity contribution >= 4 is 58.1 Å². The second kappa shape index (κ2) is 6.54. The molecule has 3 amide bonds. The van der Waals surface area contributed by atoms with E-state index in [0.717, 1.165) is 4.90 Å². The Bertz CT molecular complexity index is 963. The second-order valence-electron chi connectivity index (χ2n) is 5.67. The van der Waals surface area contributed by atoms with E-state index in [9.17, 15) is 14.4 Å². The zero-order valence-corrected chi connectivity index (χ0v) is 14.8. The maximum atomic E-state index is 12.6. The predicted molar refractivity (Wildman–Crippen MR) is 99.3 cm³/mol. The molecule has 0 aromatic heterocycles. The van der Waals surface area contributed by atoms with Crippen LogP contribution in [0.25, 0.3) is 0 Å². The second-order valence-corrected chi connectivity index (χ2v) is 7.09. The number of carbonyl (C=O) groups excluding carboxylic acids is 3. The average Bonchev–Trinajstić information content (AvgIpc) is 2.61. The monoisotopic (exact) mass is 389 g/mol. The minimum absolute atomic E-state index is 0.0930. The molecule has 0 fully saturated rings. The molecule has 7 nitrogen and oxygen atoms in total. The fraction of sp³-hybridized carbons (Fsp3) is 0.118. The molecule has 0 aliphatic carbocycles. The molecule has 0 radical (unpaired) electrons. The third-order valence-electron chi connectivity index (χ3n) is 3.82. The minimum Gasteiger partial charge on any atom is -0.482 e. The maximum Gasteiger partial charge on any atom is 0.262 e. The lowest BCUT2D eigenvalue weighted by molar-refractivity contribution is -0.118. The van der Waals surface area contributed by atoms with Crippen LogP contribution in [0.1, 0.15) is 10.4 Å². The Morgan fingerprint density at radius 2 is 1.92 bits per heavy atom. The van der Waals surface area contributed by atoms with Gasteiger partial charge >= 0.3 is 0 Å². The molecule has 0 bridgehead atoms. The summed E-state index contributed by atoms with van der Waals surface area (Å²) in [7, 11) is 0. The van der Waals surface area contributed by atoms with Crippen LogP contribution >= 0.6 is 23.4 Å². The summed E-state index contributed by atoms with van der Waals surface area (Å²) in [6.07, 6.45) is 0. The van der Waals surface area contributed by atoms with E-state index in [-0.39, 0.29) is 29.4 Å². The smallest absolute Gasteiger partial charge is 0.262 e. The molecule has 9 heteroatoms. The van der Waals surface area contributed by atoms with E-state index in [0.29, 0.717) is 34.1 Å². The number of rotatable bonds is 2. The van der Waals surface area contributed by atoms with E-state index < -0.39 is 0 Å². The Labute approximate surface area is 157 Å². The number of carbonyl (C=O) groups is 3. The van der Waals surface area contributed by atoms with Crippen molar-refractivity contribution in [2.24, 2.45) is 0 Å². The van der Waals surface area contributed by atoms with Crippen LogP contribution in [0.2, 0.25) is 5.02 Å². The van der Waals surface area contributed by atoms with Crippen LogP contribution in [0.5, 0.6) is 5.75 Å². The summed E-state index contributed by atoms with van der Waals surface area (Å²) in [5, 5.41) is 8.39. The van der Waals surface area contributed by atoms with E-state index in [2.05, 4.69) is 16.0 Å². The molecule has 0 atom stereocenters. The van der Waals surface area contributed by atoms with E-state index in [1.165, 1.54) is 17.8 Å². The first-order valence-electron chi connectivity index (χ1n) is 7.64. The van der Waals surface area contributed by atoms with Gasteiger partial charge in [0.15, 0.2) is 6.61 Å². The number of amides is 3. The summed E-state index contributed by atoms with van der Waals surface area (Å²) in [6.45, 7) is -0.0930. The lowest BCUT2D eigenvalue weighted by atomic mass is 10.1. The lowest BCUT2D eigenvalue weighted by Crippen LogP contribution is -2.25. The van der Waals surface area contributed by atoms with Crippen molar-refractivity contribution in [1.82, 2.24) is 0 Å². The Hall–Kier alpha value is -2.71. The van der Waals surface area contributed by atoms with Gasteiger partial charge in [0.25, 0.3) is 11.8 Å². The van der Waals surface area contributed by atoms with Crippen molar-refractivity contribution in [3.05, 3.63) is 40.9 Å². The summed E-state index contributed by atoms with van der Waals surface area (Å²) in [5.74, 6) is 0.0498. The van der Waals surface area contributed by atoms with E-state index in [4.69, 9.17) is 16.3 Å². The molecule has 4 rings (SSSR count). The fourth-order valence-corrected chi connectivity index (χ4v) is 3.61. The van der Waals surface area contributed by atoms with E-state index in [1.807, 2.05) is 0 Å². The summed E-state index contributed by atoms with van der Waals surface area (Å²) >= 11 is 7.62. The van der Waals surface area contributed by atoms with Crippen LogP contribution in [-0.2, 0) is 9.59 Å². The predicted octanol–water partition coefficient (Wildman–Crippen LogP) is 2.97. The number of thioether (sulfide) groups is 1. The van der Waals surface area contributed by atoms with Crippen molar-refractivity contribution in [3.63, 3.8) is 0 Å². The quantitative estimate of drug-likeness (QED) is 0.733. The standard InChI is InChI=1S/C17H12ClN3O4S/c18-9-4-11-13(25-6-15(22)19-11)5-10(9)21-17(24)8-1-2-14-12(3-8)20-16(23)7-26-14/h1-5H,6-7H2,(H,19,22)(H,20,23)(H,21,24). The normalized spacial score (nSPS) is 15.1. The molecule has 2 aromatic carbocycles. The van der Waals surface area contributed by atoms with Crippen LogP contribution in [0.3, 0.4) is 0 Å². The zero-order chi connectivity index (χ0) is 18.3. The van der Waals surface area contributed by atoms with Crippen molar-refractivity contribution < 1.29 is 19.1 Å². The number of anilines is 3. The van der Waals surface area contributed by atoms with Gasteiger partial charge in [0.1, 0.15) is 5.75 Å². The highest BCUT2D eigenvalue weighted by Gasteiger charge is 2.21. The molecule has 2 aromatic rings. The van der Waals surface area contributed by atoms with Gasteiger partial charge in [-0.05, 0) is 24.3 Å². The highest BCUT2D eigenvalue weighted by Crippen LogP contribution is 2.37. The van der Waals surface area contributed by atoms with Crippen molar-refractivity contribution in [2.45, 2.75) is 4.90 Å². The third-order valence-corrected chi connectivity index (χ3v) is 5.21. The summed E-state index contributed by atoms with van der Waals surface area (Å²) in [4.78, 5) is 36.3. The fourth-order valence-electron chi connectivity index (χ4n) is 2.61. The Balaban J connectivity index is 1.58. The first kappa shape index (κ1) is 16.7. The number of benzene rings is 2. The summed E-state index contributed by atoms with van der Waals surface area (Å²) in [5.41, 5.74) is 1.82.